The van der Waals surface area contributed by atoms with Crippen LogP contribution in [-0.4, -0.2) is 29.0 Å². The van der Waals surface area contributed by atoms with Crippen molar-refractivity contribution < 1.29 is 27.6 Å². The molecule has 0 amide bonds. The van der Waals surface area contributed by atoms with Gasteiger partial charge in [-0.3, -0.25) is 9.35 Å². The van der Waals surface area contributed by atoms with Gasteiger partial charge in [0.15, 0.2) is 5.75 Å². The summed E-state index contributed by atoms with van der Waals surface area (Å²) < 4.78 is 36.8. The van der Waals surface area contributed by atoms with Gasteiger partial charge in [0.25, 0.3) is 10.1 Å². The molecule has 0 unspecified atom stereocenters. The molecule has 0 bridgehead atoms. The van der Waals surface area contributed by atoms with Crippen molar-refractivity contribution >= 4 is 49.6 Å². The molecule has 0 radical (unpaired) electrons. The van der Waals surface area contributed by atoms with Gasteiger partial charge in [0.1, 0.15) is 10.4 Å². The smallest absolute Gasteiger partial charge is 0.309 e. The minimum atomic E-state index is -4.47. The lowest BCUT2D eigenvalue weighted by Gasteiger charge is -2.08. The Bertz CT molecular complexity index is 817. The maximum Gasteiger partial charge on any atom is 0.309 e. The number of carbonyl (C=O) groups excluding carboxylic acids is 1. The number of nitrogens with zero attached hydrogens (tertiary/aromatic N) is 1. The molecule has 2 aromatic rings. The van der Waals surface area contributed by atoms with Crippen molar-refractivity contribution in [1.82, 2.24) is 4.98 Å². The first-order chi connectivity index (χ1) is 9.20. The lowest BCUT2D eigenvalue weighted by molar-refractivity contribution is -0.132. The summed E-state index contributed by atoms with van der Waals surface area (Å²) in [4.78, 5) is 14.4. The number of pyridine rings is 1. The Kier molecular flexibility index (Phi) is 3.84. The minimum absolute atomic E-state index is 0.0290. The molecule has 0 aliphatic heterocycles. The van der Waals surface area contributed by atoms with E-state index in [9.17, 15) is 22.9 Å². The Balaban J connectivity index is 2.82. The number of halogens is 1. The number of carbonyl (C=O) groups is 1. The summed E-state index contributed by atoms with van der Waals surface area (Å²) in [6.07, 6.45) is 0. The quantitative estimate of drug-likeness (QED) is 0.441. The van der Waals surface area contributed by atoms with E-state index in [4.69, 9.17) is 4.74 Å². The Morgan fingerprint density at radius 1 is 1.40 bits per heavy atom. The second-order valence-electron chi connectivity index (χ2n) is 3.82. The average molecular weight is 409 g/mol. The normalized spacial score (nSPS) is 11.6. The number of aromatic nitrogens is 1. The molecule has 0 spiro atoms. The van der Waals surface area contributed by atoms with Gasteiger partial charge in [0.05, 0.1) is 3.57 Å². The van der Waals surface area contributed by atoms with Crippen molar-refractivity contribution in [3.63, 3.8) is 0 Å². The SMILES string of the molecule is CC(=O)Oc1ccc2c(S(=O)(=O)O)cc(I)c(O)c2n1. The molecule has 0 aliphatic carbocycles. The molecule has 0 saturated carbocycles. The van der Waals surface area contributed by atoms with Gasteiger partial charge < -0.3 is 9.84 Å². The number of ether oxygens (including phenoxy) is 1. The lowest BCUT2D eigenvalue weighted by atomic mass is 10.2. The van der Waals surface area contributed by atoms with E-state index in [2.05, 4.69) is 4.98 Å². The zero-order valence-electron chi connectivity index (χ0n) is 9.99. The van der Waals surface area contributed by atoms with Crippen LogP contribution in [0.3, 0.4) is 0 Å². The minimum Gasteiger partial charge on any atom is -0.505 e. The number of phenols is 1. The van der Waals surface area contributed by atoms with Crippen LogP contribution < -0.4 is 4.74 Å². The van der Waals surface area contributed by atoms with Gasteiger partial charge in [-0.1, -0.05) is 0 Å². The monoisotopic (exact) mass is 409 g/mol. The molecular weight excluding hydrogens is 401 g/mol. The third kappa shape index (κ3) is 2.83. The van der Waals surface area contributed by atoms with Crippen LogP contribution in [0.4, 0.5) is 0 Å². The highest BCUT2D eigenvalue weighted by Gasteiger charge is 2.20. The van der Waals surface area contributed by atoms with Gasteiger partial charge in [-0.2, -0.15) is 8.42 Å². The highest BCUT2D eigenvalue weighted by molar-refractivity contribution is 14.1. The maximum atomic E-state index is 11.3. The van der Waals surface area contributed by atoms with Crippen LogP contribution in [0.5, 0.6) is 11.6 Å². The zero-order chi connectivity index (χ0) is 15.1. The fourth-order valence-electron chi connectivity index (χ4n) is 1.61. The summed E-state index contributed by atoms with van der Waals surface area (Å²) in [6, 6.07) is 3.69. The largest absolute Gasteiger partial charge is 0.505 e. The number of benzene rings is 1. The fourth-order valence-corrected chi connectivity index (χ4v) is 3.10. The van der Waals surface area contributed by atoms with Gasteiger partial charge in [-0.05, 0) is 34.7 Å². The molecule has 2 N–H and O–H groups in total. The summed E-state index contributed by atoms with van der Waals surface area (Å²) in [6.45, 7) is 1.18. The Morgan fingerprint density at radius 3 is 2.60 bits per heavy atom. The Hall–Kier alpha value is -1.46. The molecule has 9 heteroatoms. The van der Waals surface area contributed by atoms with E-state index in [1.165, 1.54) is 19.1 Å². The van der Waals surface area contributed by atoms with Crippen LogP contribution >= 0.6 is 22.6 Å². The van der Waals surface area contributed by atoms with Crippen molar-refractivity contribution in [3.8, 4) is 11.6 Å². The average Bonchev–Trinajstić information content (AvgIpc) is 2.32. The molecule has 7 nitrogen and oxygen atoms in total. The number of phenolic OH excluding ortho intramolecular Hbond substituents is 1. The molecule has 0 saturated heterocycles. The van der Waals surface area contributed by atoms with Crippen LogP contribution in [0.1, 0.15) is 6.92 Å². The van der Waals surface area contributed by atoms with Crippen LogP contribution in [0.2, 0.25) is 0 Å². The number of fused-ring (bicyclic) bond motifs is 1. The third-order valence-electron chi connectivity index (χ3n) is 2.37. The maximum absolute atomic E-state index is 11.3. The van der Waals surface area contributed by atoms with E-state index in [0.29, 0.717) is 0 Å². The molecule has 0 atom stereocenters. The zero-order valence-corrected chi connectivity index (χ0v) is 13.0. The second kappa shape index (κ2) is 5.14. The van der Waals surface area contributed by atoms with Gasteiger partial charge in [0, 0.05) is 18.4 Å². The van der Waals surface area contributed by atoms with Gasteiger partial charge in [-0.15, -0.1) is 0 Å². The fraction of sp³-hybridized carbons (Fsp3) is 0.0909. The van der Waals surface area contributed by atoms with Crippen molar-refractivity contribution in [2.45, 2.75) is 11.8 Å². The van der Waals surface area contributed by atoms with E-state index in [1.54, 1.807) is 22.6 Å². The van der Waals surface area contributed by atoms with Gasteiger partial charge in [0.2, 0.25) is 5.88 Å². The van der Waals surface area contributed by atoms with Gasteiger partial charge in [-0.25, -0.2) is 4.98 Å². The number of esters is 1. The van der Waals surface area contributed by atoms with E-state index in [1.807, 2.05) is 0 Å². The van der Waals surface area contributed by atoms with Crippen LogP contribution in [0.25, 0.3) is 10.9 Å². The molecule has 106 valence electrons. The van der Waals surface area contributed by atoms with E-state index < -0.39 is 16.1 Å². The van der Waals surface area contributed by atoms with Crippen molar-refractivity contribution in [2.75, 3.05) is 0 Å². The Morgan fingerprint density at radius 2 is 2.05 bits per heavy atom. The van der Waals surface area contributed by atoms with Crippen molar-refractivity contribution in [1.29, 1.82) is 0 Å². The van der Waals surface area contributed by atoms with Crippen molar-refractivity contribution in [2.24, 2.45) is 0 Å². The number of hydrogen-bond acceptors (Lipinski definition) is 6. The molecule has 20 heavy (non-hydrogen) atoms. The molecule has 1 aromatic carbocycles. The van der Waals surface area contributed by atoms with E-state index in [0.717, 1.165) is 6.07 Å². The molecule has 0 aliphatic rings. The van der Waals surface area contributed by atoms with E-state index in [-0.39, 0.29) is 31.0 Å². The predicted molar refractivity (Wildman–Crippen MR) is 77.2 cm³/mol. The number of rotatable bonds is 2. The lowest BCUT2D eigenvalue weighted by Crippen LogP contribution is -2.04. The number of hydrogen-bond donors (Lipinski definition) is 2. The summed E-state index contributed by atoms with van der Waals surface area (Å²) in [5.41, 5.74) is -0.0803. The van der Waals surface area contributed by atoms with Crippen LogP contribution in [0, 0.1) is 3.57 Å². The second-order valence-corrected chi connectivity index (χ2v) is 6.37. The van der Waals surface area contributed by atoms with Crippen LogP contribution in [-0.2, 0) is 14.9 Å². The molecule has 2 rings (SSSR count). The first kappa shape index (κ1) is 14.9. The Labute approximate surface area is 127 Å². The standard InChI is InChI=1S/C11H8INO6S/c1-5(14)19-9-3-2-6-8(20(16,17)18)4-7(12)11(15)10(6)13-9/h2-4,15H,1H3,(H,16,17,18). The van der Waals surface area contributed by atoms with Crippen LogP contribution in [0.15, 0.2) is 23.1 Å². The molecule has 1 heterocycles. The highest BCUT2D eigenvalue weighted by atomic mass is 127. The summed E-state index contributed by atoms with van der Waals surface area (Å²) in [5.74, 6) is -0.942. The third-order valence-corrected chi connectivity index (χ3v) is 4.09. The first-order valence-corrected chi connectivity index (χ1v) is 7.70. The molecular formula is C11H8INO6S. The first-order valence-electron chi connectivity index (χ1n) is 5.18. The number of aromatic hydroxyl groups is 1. The summed E-state index contributed by atoms with van der Waals surface area (Å²) >= 11 is 1.70. The topological polar surface area (TPSA) is 114 Å². The van der Waals surface area contributed by atoms with Crippen molar-refractivity contribution in [3.05, 3.63) is 21.8 Å². The van der Waals surface area contributed by atoms with Gasteiger partial charge >= 0.3 is 5.97 Å². The predicted octanol–water partition coefficient (Wildman–Crippen LogP) is 1.72. The van der Waals surface area contributed by atoms with E-state index >= 15 is 0 Å². The summed E-state index contributed by atoms with van der Waals surface area (Å²) in [7, 11) is -4.47. The summed E-state index contributed by atoms with van der Waals surface area (Å²) in [5, 5.41) is 9.95. The molecule has 0 fully saturated rings. The highest BCUT2D eigenvalue weighted by Crippen LogP contribution is 2.34. The molecule has 1 aromatic heterocycles.